The first kappa shape index (κ1) is 21.4. The molecular formula is C24H32O6. The van der Waals surface area contributed by atoms with Gasteiger partial charge in [0.15, 0.2) is 12.4 Å². The summed E-state index contributed by atoms with van der Waals surface area (Å²) in [7, 11) is 0. The number of carbonyl (C=O) groups excluding carboxylic acids is 3. The molecule has 0 unspecified atom stereocenters. The summed E-state index contributed by atoms with van der Waals surface area (Å²) in [5.41, 5.74) is -1.44. The fraction of sp³-hybridized carbons (Fsp3) is 0.708. The van der Waals surface area contributed by atoms with E-state index < -0.39 is 35.5 Å². The predicted molar refractivity (Wildman–Crippen MR) is 109 cm³/mol. The summed E-state index contributed by atoms with van der Waals surface area (Å²) in [4.78, 5) is 36.3. The molecule has 0 aliphatic heterocycles. The number of rotatable bonds is 4. The minimum Gasteiger partial charge on any atom is -0.454 e. The smallest absolute Gasteiger partial charge is 0.330 e. The first-order valence-corrected chi connectivity index (χ1v) is 11.0. The van der Waals surface area contributed by atoms with Crippen LogP contribution in [0.1, 0.15) is 58.8 Å². The van der Waals surface area contributed by atoms with Crippen LogP contribution in [-0.2, 0) is 19.1 Å². The average Bonchev–Trinajstić information content (AvgIpc) is 2.97. The summed E-state index contributed by atoms with van der Waals surface area (Å²) in [5, 5.41) is 22.8. The molecule has 0 aromatic rings. The summed E-state index contributed by atoms with van der Waals surface area (Å²) in [5.74, 6) is -0.704. The first-order chi connectivity index (χ1) is 14.1. The zero-order chi connectivity index (χ0) is 21.9. The Bertz CT molecular complexity index is 830. The first-order valence-electron chi connectivity index (χ1n) is 11.0. The molecule has 0 heterocycles. The average molecular weight is 417 g/mol. The molecule has 0 spiro atoms. The Morgan fingerprint density at radius 1 is 1.27 bits per heavy atom. The SMILES string of the molecule is C=CC(=O)OCC(=O)[C@@]1(O)CC[C@H]2[C@@H]3CCC4=CC(=O)CC[C@]4(C)[C@H]3[C@@H](O)C[C@@]21C. The number of ketones is 2. The Balaban J connectivity index is 1.63. The number of allylic oxidation sites excluding steroid dienone is 1. The minimum absolute atomic E-state index is 0.0275. The van der Waals surface area contributed by atoms with Crippen molar-refractivity contribution in [3.63, 3.8) is 0 Å². The van der Waals surface area contributed by atoms with Crippen LogP contribution in [0.15, 0.2) is 24.3 Å². The van der Waals surface area contributed by atoms with Gasteiger partial charge >= 0.3 is 5.97 Å². The summed E-state index contributed by atoms with van der Waals surface area (Å²) in [6, 6.07) is 0. The number of aliphatic hydroxyl groups excluding tert-OH is 1. The van der Waals surface area contributed by atoms with E-state index in [1.165, 1.54) is 0 Å². The van der Waals surface area contributed by atoms with Crippen molar-refractivity contribution in [2.75, 3.05) is 6.61 Å². The van der Waals surface area contributed by atoms with Crippen LogP contribution in [0, 0.1) is 28.6 Å². The van der Waals surface area contributed by atoms with Crippen molar-refractivity contribution in [3.8, 4) is 0 Å². The molecule has 0 amide bonds. The molecule has 3 fully saturated rings. The lowest BCUT2D eigenvalue weighted by Crippen LogP contribution is -2.62. The highest BCUT2D eigenvalue weighted by atomic mass is 16.5. The Kier molecular flexibility index (Phi) is 5.09. The van der Waals surface area contributed by atoms with Gasteiger partial charge in [-0.1, -0.05) is 26.0 Å². The molecule has 0 saturated heterocycles. The fourth-order valence-corrected chi connectivity index (χ4v) is 7.47. The van der Waals surface area contributed by atoms with E-state index in [0.717, 1.165) is 30.9 Å². The van der Waals surface area contributed by atoms with Gasteiger partial charge in [0.1, 0.15) is 5.60 Å². The number of Topliss-reactive ketones (excluding diaryl/α,β-unsaturated/α-hetero) is 1. The van der Waals surface area contributed by atoms with Crippen molar-refractivity contribution in [1.29, 1.82) is 0 Å². The summed E-state index contributed by atoms with van der Waals surface area (Å²) in [6.07, 6.45) is 6.41. The van der Waals surface area contributed by atoms with Crippen LogP contribution < -0.4 is 0 Å². The van der Waals surface area contributed by atoms with Crippen molar-refractivity contribution in [2.45, 2.75) is 70.5 Å². The van der Waals surface area contributed by atoms with Gasteiger partial charge in [-0.3, -0.25) is 9.59 Å². The van der Waals surface area contributed by atoms with Crippen LogP contribution >= 0.6 is 0 Å². The monoisotopic (exact) mass is 416 g/mol. The number of ether oxygens (including phenoxy) is 1. The molecule has 7 atom stereocenters. The van der Waals surface area contributed by atoms with Gasteiger partial charge in [-0.25, -0.2) is 4.79 Å². The van der Waals surface area contributed by atoms with Crippen LogP contribution in [0.3, 0.4) is 0 Å². The molecule has 0 bridgehead atoms. The van der Waals surface area contributed by atoms with Crippen LogP contribution in [-0.4, -0.2) is 46.1 Å². The van der Waals surface area contributed by atoms with E-state index in [1.807, 2.05) is 6.92 Å². The Morgan fingerprint density at radius 2 is 2.00 bits per heavy atom. The lowest BCUT2D eigenvalue weighted by atomic mass is 9.45. The van der Waals surface area contributed by atoms with Crippen molar-refractivity contribution >= 4 is 17.5 Å². The molecule has 2 N–H and O–H groups in total. The predicted octanol–water partition coefficient (Wildman–Crippen LogP) is 2.52. The molecular weight excluding hydrogens is 384 g/mol. The summed E-state index contributed by atoms with van der Waals surface area (Å²) < 4.78 is 4.92. The highest BCUT2D eigenvalue weighted by Crippen LogP contribution is 2.67. The van der Waals surface area contributed by atoms with E-state index in [1.54, 1.807) is 6.08 Å². The zero-order valence-corrected chi connectivity index (χ0v) is 17.9. The third kappa shape index (κ3) is 2.87. The van der Waals surface area contributed by atoms with Gasteiger partial charge in [-0.05, 0) is 67.8 Å². The fourth-order valence-electron chi connectivity index (χ4n) is 7.47. The van der Waals surface area contributed by atoms with E-state index >= 15 is 0 Å². The molecule has 3 saturated carbocycles. The Hall–Kier alpha value is -1.79. The van der Waals surface area contributed by atoms with Gasteiger partial charge in [0.25, 0.3) is 0 Å². The number of hydrogen-bond acceptors (Lipinski definition) is 6. The second-order valence-electron chi connectivity index (χ2n) is 10.2. The maximum Gasteiger partial charge on any atom is 0.330 e. The Labute approximate surface area is 177 Å². The number of esters is 1. The molecule has 4 rings (SSSR count). The second-order valence-corrected chi connectivity index (χ2v) is 10.2. The van der Waals surface area contributed by atoms with Crippen LogP contribution in [0.25, 0.3) is 0 Å². The van der Waals surface area contributed by atoms with Crippen molar-refractivity contribution < 1.29 is 29.3 Å². The van der Waals surface area contributed by atoms with Gasteiger partial charge in [0.05, 0.1) is 6.10 Å². The van der Waals surface area contributed by atoms with E-state index in [0.29, 0.717) is 25.7 Å². The summed E-state index contributed by atoms with van der Waals surface area (Å²) >= 11 is 0. The second kappa shape index (κ2) is 7.13. The van der Waals surface area contributed by atoms with Crippen molar-refractivity contribution in [3.05, 3.63) is 24.3 Å². The normalized spacial score (nSPS) is 44.9. The van der Waals surface area contributed by atoms with Gasteiger partial charge in [-0.2, -0.15) is 0 Å². The van der Waals surface area contributed by atoms with Gasteiger partial charge < -0.3 is 14.9 Å². The lowest BCUT2D eigenvalue weighted by Gasteiger charge is -2.60. The van der Waals surface area contributed by atoms with Gasteiger partial charge in [0, 0.05) is 17.9 Å². The molecule has 4 aliphatic carbocycles. The quantitative estimate of drug-likeness (QED) is 0.539. The van der Waals surface area contributed by atoms with Crippen molar-refractivity contribution in [2.24, 2.45) is 28.6 Å². The molecule has 4 aliphatic rings. The third-order valence-corrected chi connectivity index (χ3v) is 9.02. The highest BCUT2D eigenvalue weighted by molar-refractivity contribution is 5.92. The number of hydrogen-bond donors (Lipinski definition) is 2. The molecule has 0 aromatic heterocycles. The van der Waals surface area contributed by atoms with Gasteiger partial charge in [0.2, 0.25) is 5.78 Å². The van der Waals surface area contributed by atoms with Gasteiger partial charge in [-0.15, -0.1) is 0 Å². The Morgan fingerprint density at radius 3 is 2.70 bits per heavy atom. The summed E-state index contributed by atoms with van der Waals surface area (Å²) in [6.45, 7) is 6.93. The third-order valence-electron chi connectivity index (χ3n) is 9.02. The van der Waals surface area contributed by atoms with E-state index in [4.69, 9.17) is 4.74 Å². The standard InChI is InChI=1S/C24H32O6/c1-4-20(28)30-13-19(27)24(29)10-8-17-16-6-5-14-11-15(25)7-9-22(14,2)21(16)18(26)12-23(17,24)3/h4,11,16-18,21,26,29H,1,5-10,12-13H2,2-3H3/t16-,17-,18-,21+,22-,23-,24-/m0/s1. The molecule has 30 heavy (non-hydrogen) atoms. The highest BCUT2D eigenvalue weighted by Gasteiger charge is 2.68. The number of aliphatic hydroxyl groups is 2. The van der Waals surface area contributed by atoms with Crippen LogP contribution in [0.5, 0.6) is 0 Å². The van der Waals surface area contributed by atoms with E-state index in [2.05, 4.69) is 13.5 Å². The molecule has 0 aromatic carbocycles. The minimum atomic E-state index is -1.62. The van der Waals surface area contributed by atoms with Crippen molar-refractivity contribution in [1.82, 2.24) is 0 Å². The van der Waals surface area contributed by atoms with E-state index in [-0.39, 0.29) is 29.0 Å². The molecule has 0 radical (unpaired) electrons. The maximum absolute atomic E-state index is 13.0. The molecule has 6 heteroatoms. The van der Waals surface area contributed by atoms with Crippen LogP contribution in [0.2, 0.25) is 0 Å². The maximum atomic E-state index is 13.0. The van der Waals surface area contributed by atoms with E-state index in [9.17, 15) is 24.6 Å². The largest absolute Gasteiger partial charge is 0.454 e. The molecule has 6 nitrogen and oxygen atoms in total. The topological polar surface area (TPSA) is 101 Å². The zero-order valence-electron chi connectivity index (χ0n) is 17.9. The molecule has 164 valence electrons. The number of fused-ring (bicyclic) bond motifs is 5. The lowest BCUT2D eigenvalue weighted by molar-refractivity contribution is -0.184. The number of carbonyl (C=O) groups is 3. The van der Waals surface area contributed by atoms with Crippen LogP contribution in [0.4, 0.5) is 0 Å².